The van der Waals surface area contributed by atoms with Gasteiger partial charge in [-0.2, -0.15) is 11.8 Å². The van der Waals surface area contributed by atoms with Gasteiger partial charge in [-0.3, -0.25) is 4.79 Å². The second-order valence-electron chi connectivity index (χ2n) is 5.59. The van der Waals surface area contributed by atoms with Crippen LogP contribution in [-0.2, 0) is 0 Å². The largest absolute Gasteiger partial charge is 0.497 e. The fourth-order valence-corrected chi connectivity index (χ4v) is 3.94. The molecule has 0 saturated carbocycles. The third-order valence-electron chi connectivity index (χ3n) is 4.23. The maximum Gasteiger partial charge on any atom is 0.254 e. The molecule has 2 aromatic carbocycles. The molecule has 1 amide bonds. The Morgan fingerprint density at radius 2 is 1.58 bits per heavy atom. The number of carbonyl (C=O) groups is 1. The van der Waals surface area contributed by atoms with Gasteiger partial charge in [-0.25, -0.2) is 0 Å². The summed E-state index contributed by atoms with van der Waals surface area (Å²) in [6.45, 7) is 0.756. The Morgan fingerprint density at radius 1 is 1.00 bits per heavy atom. The van der Waals surface area contributed by atoms with Crippen LogP contribution in [0, 0.1) is 0 Å². The van der Waals surface area contributed by atoms with E-state index in [0.717, 1.165) is 35.1 Å². The molecule has 0 radical (unpaired) electrons. The second kappa shape index (κ2) is 7.62. The number of thioether (sulfide) groups is 1. The van der Waals surface area contributed by atoms with E-state index in [-0.39, 0.29) is 11.9 Å². The van der Waals surface area contributed by atoms with Crippen LogP contribution in [0.25, 0.3) is 0 Å². The van der Waals surface area contributed by atoms with Crippen LogP contribution in [0.2, 0.25) is 0 Å². The molecule has 3 rings (SSSR count). The Hall–Kier alpha value is -2.14. The molecule has 1 heterocycles. The molecule has 1 atom stereocenters. The first-order chi connectivity index (χ1) is 11.7. The van der Waals surface area contributed by atoms with Crippen molar-refractivity contribution < 1.29 is 14.3 Å². The number of methoxy groups -OCH3 is 2. The van der Waals surface area contributed by atoms with Gasteiger partial charge >= 0.3 is 0 Å². The summed E-state index contributed by atoms with van der Waals surface area (Å²) >= 11 is 1.89. The van der Waals surface area contributed by atoms with Crippen LogP contribution in [0.15, 0.2) is 48.5 Å². The SMILES string of the molecule is COc1ccc(C(=O)N2CCSCC2c2ccc(OC)cc2)cc1. The van der Waals surface area contributed by atoms with Gasteiger partial charge in [-0.05, 0) is 42.0 Å². The summed E-state index contributed by atoms with van der Waals surface area (Å²) in [4.78, 5) is 14.9. The Kier molecular flexibility index (Phi) is 5.30. The van der Waals surface area contributed by atoms with Crippen molar-refractivity contribution in [3.8, 4) is 11.5 Å². The van der Waals surface area contributed by atoms with Crippen molar-refractivity contribution in [2.45, 2.75) is 6.04 Å². The zero-order chi connectivity index (χ0) is 16.9. The molecule has 24 heavy (non-hydrogen) atoms. The number of rotatable bonds is 4. The Bertz CT molecular complexity index is 685. The molecule has 1 fully saturated rings. The number of amides is 1. The highest BCUT2D eigenvalue weighted by molar-refractivity contribution is 7.99. The lowest BCUT2D eigenvalue weighted by Gasteiger charge is -2.36. The maximum absolute atomic E-state index is 13.0. The molecule has 1 aliphatic heterocycles. The third-order valence-corrected chi connectivity index (χ3v) is 5.25. The molecule has 1 aliphatic rings. The molecule has 0 aromatic heterocycles. The fraction of sp³-hybridized carbons (Fsp3) is 0.316. The second-order valence-corrected chi connectivity index (χ2v) is 6.74. The van der Waals surface area contributed by atoms with E-state index in [1.165, 1.54) is 0 Å². The number of benzene rings is 2. The number of hydrogen-bond acceptors (Lipinski definition) is 4. The van der Waals surface area contributed by atoms with Crippen molar-refractivity contribution in [2.75, 3.05) is 32.3 Å². The molecule has 1 unspecified atom stereocenters. The van der Waals surface area contributed by atoms with E-state index in [2.05, 4.69) is 0 Å². The van der Waals surface area contributed by atoms with Crippen LogP contribution in [0.3, 0.4) is 0 Å². The van der Waals surface area contributed by atoms with Crippen molar-refractivity contribution in [1.29, 1.82) is 0 Å². The molecule has 0 aliphatic carbocycles. The Balaban J connectivity index is 1.83. The lowest BCUT2D eigenvalue weighted by molar-refractivity contribution is 0.0701. The zero-order valence-electron chi connectivity index (χ0n) is 13.9. The summed E-state index contributed by atoms with van der Waals surface area (Å²) in [5, 5.41) is 0. The summed E-state index contributed by atoms with van der Waals surface area (Å²) in [5.74, 6) is 3.53. The van der Waals surface area contributed by atoms with E-state index in [9.17, 15) is 4.79 Å². The molecule has 1 saturated heterocycles. The van der Waals surface area contributed by atoms with E-state index in [4.69, 9.17) is 9.47 Å². The summed E-state index contributed by atoms with van der Waals surface area (Å²) in [5.41, 5.74) is 1.84. The van der Waals surface area contributed by atoms with Gasteiger partial charge in [0.15, 0.2) is 0 Å². The number of hydrogen-bond donors (Lipinski definition) is 0. The standard InChI is InChI=1S/C19H21NO3S/c1-22-16-7-3-14(4-8-16)18-13-24-12-11-20(18)19(21)15-5-9-17(23-2)10-6-15/h3-10,18H,11-13H2,1-2H3. The predicted octanol–water partition coefficient (Wildman–Crippen LogP) is 3.63. The summed E-state index contributed by atoms with van der Waals surface area (Å²) in [6, 6.07) is 15.4. The van der Waals surface area contributed by atoms with Crippen LogP contribution in [0.5, 0.6) is 11.5 Å². The molecule has 0 N–H and O–H groups in total. The number of nitrogens with zero attached hydrogens (tertiary/aromatic N) is 1. The lowest BCUT2D eigenvalue weighted by Crippen LogP contribution is -2.40. The van der Waals surface area contributed by atoms with Crippen molar-refractivity contribution in [1.82, 2.24) is 4.90 Å². The topological polar surface area (TPSA) is 38.8 Å². The van der Waals surface area contributed by atoms with Crippen molar-refractivity contribution in [3.63, 3.8) is 0 Å². The van der Waals surface area contributed by atoms with Crippen LogP contribution in [0.4, 0.5) is 0 Å². The highest BCUT2D eigenvalue weighted by atomic mass is 32.2. The van der Waals surface area contributed by atoms with E-state index < -0.39 is 0 Å². The van der Waals surface area contributed by atoms with E-state index in [1.807, 2.05) is 65.2 Å². The number of ether oxygens (including phenoxy) is 2. The third kappa shape index (κ3) is 3.51. The van der Waals surface area contributed by atoms with Crippen LogP contribution >= 0.6 is 11.8 Å². The highest BCUT2D eigenvalue weighted by Crippen LogP contribution is 2.32. The van der Waals surface area contributed by atoms with Crippen LogP contribution in [0.1, 0.15) is 22.0 Å². The summed E-state index contributed by atoms with van der Waals surface area (Å²) < 4.78 is 10.4. The molecular weight excluding hydrogens is 322 g/mol. The minimum absolute atomic E-state index is 0.0683. The molecule has 0 spiro atoms. The van der Waals surface area contributed by atoms with Gasteiger partial charge in [0.05, 0.1) is 20.3 Å². The van der Waals surface area contributed by atoms with Crippen molar-refractivity contribution in [3.05, 3.63) is 59.7 Å². The first kappa shape index (κ1) is 16.7. The van der Waals surface area contributed by atoms with Gasteiger partial charge < -0.3 is 14.4 Å². The molecule has 0 bridgehead atoms. The lowest BCUT2D eigenvalue weighted by atomic mass is 10.0. The quantitative estimate of drug-likeness (QED) is 0.850. The molecule has 2 aromatic rings. The average Bonchev–Trinajstić information content (AvgIpc) is 2.67. The summed E-state index contributed by atoms with van der Waals surface area (Å²) in [7, 11) is 3.28. The average molecular weight is 343 g/mol. The molecule has 126 valence electrons. The molecule has 4 nitrogen and oxygen atoms in total. The fourth-order valence-electron chi connectivity index (χ4n) is 2.85. The van der Waals surface area contributed by atoms with Gasteiger partial charge in [0, 0.05) is 23.6 Å². The Labute approximate surface area is 146 Å². The Morgan fingerprint density at radius 3 is 2.17 bits per heavy atom. The molecule has 5 heteroatoms. The van der Waals surface area contributed by atoms with Gasteiger partial charge in [-0.15, -0.1) is 0 Å². The first-order valence-electron chi connectivity index (χ1n) is 7.89. The van der Waals surface area contributed by atoms with Crippen molar-refractivity contribution >= 4 is 17.7 Å². The summed E-state index contributed by atoms with van der Waals surface area (Å²) in [6.07, 6.45) is 0. The van der Waals surface area contributed by atoms with Crippen LogP contribution < -0.4 is 9.47 Å². The zero-order valence-corrected chi connectivity index (χ0v) is 14.7. The smallest absolute Gasteiger partial charge is 0.254 e. The van der Waals surface area contributed by atoms with Crippen molar-refractivity contribution in [2.24, 2.45) is 0 Å². The number of carbonyl (C=O) groups excluding carboxylic acids is 1. The van der Waals surface area contributed by atoms with E-state index in [1.54, 1.807) is 14.2 Å². The molecular formula is C19H21NO3S. The van der Waals surface area contributed by atoms with Gasteiger partial charge in [0.1, 0.15) is 11.5 Å². The first-order valence-corrected chi connectivity index (χ1v) is 9.05. The monoisotopic (exact) mass is 343 g/mol. The maximum atomic E-state index is 13.0. The van der Waals surface area contributed by atoms with Gasteiger partial charge in [-0.1, -0.05) is 12.1 Å². The van der Waals surface area contributed by atoms with Crippen LogP contribution in [-0.4, -0.2) is 43.1 Å². The minimum Gasteiger partial charge on any atom is -0.497 e. The van der Waals surface area contributed by atoms with Gasteiger partial charge in [0.2, 0.25) is 0 Å². The van der Waals surface area contributed by atoms with Gasteiger partial charge in [0.25, 0.3) is 5.91 Å². The van der Waals surface area contributed by atoms with E-state index >= 15 is 0 Å². The minimum atomic E-state index is 0.0683. The highest BCUT2D eigenvalue weighted by Gasteiger charge is 2.29. The van der Waals surface area contributed by atoms with E-state index in [0.29, 0.717) is 5.56 Å². The predicted molar refractivity (Wildman–Crippen MR) is 97.1 cm³/mol. The normalized spacial score (nSPS) is 17.4.